The zero-order valence-electron chi connectivity index (χ0n) is 10.3. The number of halogens is 1. The van der Waals surface area contributed by atoms with Crippen molar-refractivity contribution < 1.29 is 14.3 Å². The van der Waals surface area contributed by atoms with Crippen molar-refractivity contribution in [2.45, 2.75) is 44.6 Å². The lowest BCUT2D eigenvalue weighted by Crippen LogP contribution is -2.20. The Morgan fingerprint density at radius 3 is 2.50 bits per heavy atom. The number of carbonyl (C=O) groups is 1. The van der Waals surface area contributed by atoms with Gasteiger partial charge in [0.1, 0.15) is 5.82 Å². The lowest BCUT2D eigenvalue weighted by Gasteiger charge is -2.19. The van der Waals surface area contributed by atoms with E-state index < -0.39 is 11.8 Å². The molecule has 1 aliphatic rings. The van der Waals surface area contributed by atoms with E-state index in [0.29, 0.717) is 5.69 Å². The van der Waals surface area contributed by atoms with Gasteiger partial charge in [-0.1, -0.05) is 25.7 Å². The maximum absolute atomic E-state index is 13.2. The topological polar surface area (TPSA) is 49.3 Å². The molecule has 1 saturated carbocycles. The molecule has 0 atom stereocenters. The number of hydrogen-bond donors (Lipinski definition) is 2. The van der Waals surface area contributed by atoms with Gasteiger partial charge in [-0.05, 0) is 31.0 Å². The highest BCUT2D eigenvalue weighted by atomic mass is 19.1. The van der Waals surface area contributed by atoms with Gasteiger partial charge < -0.3 is 10.4 Å². The number of rotatable bonds is 3. The van der Waals surface area contributed by atoms with Crippen molar-refractivity contribution in [3.63, 3.8) is 0 Å². The number of aromatic carboxylic acids is 1. The molecule has 1 aromatic carbocycles. The quantitative estimate of drug-likeness (QED) is 0.806. The second kappa shape index (κ2) is 5.85. The van der Waals surface area contributed by atoms with Crippen LogP contribution in [0.3, 0.4) is 0 Å². The highest BCUT2D eigenvalue weighted by Crippen LogP contribution is 2.24. The van der Waals surface area contributed by atoms with E-state index in [0.717, 1.165) is 25.7 Å². The summed E-state index contributed by atoms with van der Waals surface area (Å²) >= 11 is 0. The van der Waals surface area contributed by atoms with Crippen LogP contribution in [-0.2, 0) is 0 Å². The van der Waals surface area contributed by atoms with Gasteiger partial charge in [0.2, 0.25) is 0 Å². The van der Waals surface area contributed by atoms with E-state index in [4.69, 9.17) is 5.11 Å². The molecule has 3 nitrogen and oxygen atoms in total. The average molecular weight is 251 g/mol. The number of carboxylic acids is 1. The standard InChI is InChI=1S/C14H18FNO2/c15-10-7-8-12(14(17)18)13(9-10)16-11-5-3-1-2-4-6-11/h7-9,11,16H,1-6H2,(H,17,18). The summed E-state index contributed by atoms with van der Waals surface area (Å²) < 4.78 is 13.2. The van der Waals surface area contributed by atoms with Crippen LogP contribution in [0.5, 0.6) is 0 Å². The van der Waals surface area contributed by atoms with E-state index >= 15 is 0 Å². The SMILES string of the molecule is O=C(O)c1ccc(F)cc1NC1CCCCCC1. The Labute approximate surface area is 106 Å². The van der Waals surface area contributed by atoms with Gasteiger partial charge in [0.25, 0.3) is 0 Å². The highest BCUT2D eigenvalue weighted by molar-refractivity contribution is 5.94. The lowest BCUT2D eigenvalue weighted by molar-refractivity contribution is 0.0698. The van der Waals surface area contributed by atoms with E-state index in [2.05, 4.69) is 5.32 Å². The zero-order chi connectivity index (χ0) is 13.0. The lowest BCUT2D eigenvalue weighted by atomic mass is 10.1. The Balaban J connectivity index is 2.15. The largest absolute Gasteiger partial charge is 0.478 e. The van der Waals surface area contributed by atoms with Crippen molar-refractivity contribution in [3.05, 3.63) is 29.6 Å². The molecule has 0 aromatic heterocycles. The fraction of sp³-hybridized carbons (Fsp3) is 0.500. The van der Waals surface area contributed by atoms with Crippen molar-refractivity contribution in [3.8, 4) is 0 Å². The molecule has 0 saturated heterocycles. The number of nitrogens with one attached hydrogen (secondary N) is 1. The average Bonchev–Trinajstić information content (AvgIpc) is 2.57. The summed E-state index contributed by atoms with van der Waals surface area (Å²) in [4.78, 5) is 11.1. The molecule has 0 heterocycles. The van der Waals surface area contributed by atoms with Gasteiger partial charge in [-0.3, -0.25) is 0 Å². The van der Waals surface area contributed by atoms with E-state index in [1.165, 1.54) is 31.0 Å². The summed E-state index contributed by atoms with van der Waals surface area (Å²) in [5.74, 6) is -1.43. The smallest absolute Gasteiger partial charge is 0.337 e. The summed E-state index contributed by atoms with van der Waals surface area (Å²) in [5.41, 5.74) is 0.537. The van der Waals surface area contributed by atoms with Crippen LogP contribution in [0.25, 0.3) is 0 Å². The van der Waals surface area contributed by atoms with Gasteiger partial charge in [0.15, 0.2) is 0 Å². The van der Waals surface area contributed by atoms with Crippen molar-refractivity contribution in [2.75, 3.05) is 5.32 Å². The fourth-order valence-corrected chi connectivity index (χ4v) is 2.47. The first-order chi connectivity index (χ1) is 8.66. The molecule has 1 aromatic rings. The van der Waals surface area contributed by atoms with Crippen LogP contribution < -0.4 is 5.32 Å². The second-order valence-corrected chi connectivity index (χ2v) is 4.83. The van der Waals surface area contributed by atoms with Crippen molar-refractivity contribution in [1.29, 1.82) is 0 Å². The molecular weight excluding hydrogens is 233 g/mol. The summed E-state index contributed by atoms with van der Waals surface area (Å²) in [5, 5.41) is 12.3. The van der Waals surface area contributed by atoms with Gasteiger partial charge in [0.05, 0.1) is 11.3 Å². The van der Waals surface area contributed by atoms with Crippen LogP contribution in [0.1, 0.15) is 48.9 Å². The molecule has 4 heteroatoms. The third kappa shape index (κ3) is 3.22. The first-order valence-electron chi connectivity index (χ1n) is 6.46. The van der Waals surface area contributed by atoms with Gasteiger partial charge >= 0.3 is 5.97 Å². The maximum atomic E-state index is 13.2. The molecule has 98 valence electrons. The highest BCUT2D eigenvalue weighted by Gasteiger charge is 2.16. The van der Waals surface area contributed by atoms with E-state index in [9.17, 15) is 9.18 Å². The maximum Gasteiger partial charge on any atom is 0.337 e. The summed E-state index contributed by atoms with van der Waals surface area (Å²) in [6.45, 7) is 0. The molecular formula is C14H18FNO2. The van der Waals surface area contributed by atoms with E-state index in [-0.39, 0.29) is 11.6 Å². The molecule has 0 aliphatic heterocycles. The van der Waals surface area contributed by atoms with Gasteiger partial charge in [-0.25, -0.2) is 9.18 Å². The Bertz CT molecular complexity index is 426. The van der Waals surface area contributed by atoms with Crippen LogP contribution in [0.15, 0.2) is 18.2 Å². The summed E-state index contributed by atoms with van der Waals surface area (Å²) in [7, 11) is 0. The minimum atomic E-state index is -1.02. The molecule has 0 bridgehead atoms. The third-order valence-corrected chi connectivity index (χ3v) is 3.43. The number of benzene rings is 1. The predicted molar refractivity (Wildman–Crippen MR) is 68.5 cm³/mol. The third-order valence-electron chi connectivity index (χ3n) is 3.43. The molecule has 18 heavy (non-hydrogen) atoms. The first kappa shape index (κ1) is 12.9. The van der Waals surface area contributed by atoms with Crippen molar-refractivity contribution in [1.82, 2.24) is 0 Å². The Kier molecular flexibility index (Phi) is 4.18. The Morgan fingerprint density at radius 2 is 1.89 bits per heavy atom. The first-order valence-corrected chi connectivity index (χ1v) is 6.46. The van der Waals surface area contributed by atoms with Crippen LogP contribution >= 0.6 is 0 Å². The Hall–Kier alpha value is -1.58. The summed E-state index contributed by atoms with van der Waals surface area (Å²) in [6.07, 6.45) is 6.80. The van der Waals surface area contributed by atoms with Crippen LogP contribution in [0.4, 0.5) is 10.1 Å². The molecule has 0 spiro atoms. The minimum Gasteiger partial charge on any atom is -0.478 e. The molecule has 2 N–H and O–H groups in total. The normalized spacial score (nSPS) is 17.2. The molecule has 1 aliphatic carbocycles. The number of carboxylic acid groups (broad SMARTS) is 1. The Morgan fingerprint density at radius 1 is 1.22 bits per heavy atom. The second-order valence-electron chi connectivity index (χ2n) is 4.83. The van der Waals surface area contributed by atoms with Gasteiger partial charge in [0, 0.05) is 6.04 Å². The van der Waals surface area contributed by atoms with E-state index in [1.54, 1.807) is 0 Å². The number of hydrogen-bond acceptors (Lipinski definition) is 2. The van der Waals surface area contributed by atoms with Gasteiger partial charge in [-0.2, -0.15) is 0 Å². The monoisotopic (exact) mass is 251 g/mol. The van der Waals surface area contributed by atoms with Gasteiger partial charge in [-0.15, -0.1) is 0 Å². The van der Waals surface area contributed by atoms with E-state index in [1.807, 2.05) is 0 Å². The molecule has 0 amide bonds. The molecule has 1 fully saturated rings. The molecule has 0 radical (unpaired) electrons. The minimum absolute atomic E-state index is 0.139. The number of anilines is 1. The molecule has 2 rings (SSSR count). The predicted octanol–water partition coefficient (Wildman–Crippen LogP) is 3.66. The molecule has 0 unspecified atom stereocenters. The van der Waals surface area contributed by atoms with Crippen LogP contribution in [0.2, 0.25) is 0 Å². The fourth-order valence-electron chi connectivity index (χ4n) is 2.47. The van der Waals surface area contributed by atoms with Crippen molar-refractivity contribution in [2.24, 2.45) is 0 Å². The summed E-state index contributed by atoms with van der Waals surface area (Å²) in [6, 6.07) is 4.03. The van der Waals surface area contributed by atoms with Crippen molar-refractivity contribution >= 4 is 11.7 Å². The zero-order valence-corrected chi connectivity index (χ0v) is 10.3. The van der Waals surface area contributed by atoms with Crippen LogP contribution in [-0.4, -0.2) is 17.1 Å². The van der Waals surface area contributed by atoms with Crippen LogP contribution in [0, 0.1) is 5.82 Å².